The minimum Gasteiger partial charge on any atom is -0.466 e. The Morgan fingerprint density at radius 3 is 2.87 bits per heavy atom. The summed E-state index contributed by atoms with van der Waals surface area (Å²) in [5.41, 5.74) is 3.43. The number of hydrogen-bond acceptors (Lipinski definition) is 4. The zero-order valence-corrected chi connectivity index (χ0v) is 14.5. The number of aryl methyl sites for hydroxylation is 2. The number of carbonyl (C=O) groups excluding carboxylic acids is 1. The smallest absolute Gasteiger partial charge is 0.310 e. The first-order valence-corrected chi connectivity index (χ1v) is 8.65. The first kappa shape index (κ1) is 18.0. The summed E-state index contributed by atoms with van der Waals surface area (Å²) in [6.07, 6.45) is 2.17. The summed E-state index contributed by atoms with van der Waals surface area (Å²) in [4.78, 5) is 14.1. The van der Waals surface area contributed by atoms with Crippen LogP contribution in [0, 0.1) is 19.8 Å². The van der Waals surface area contributed by atoms with Crippen LogP contribution < -0.4 is 0 Å². The van der Waals surface area contributed by atoms with Crippen LogP contribution in [0.25, 0.3) is 0 Å². The highest BCUT2D eigenvalue weighted by Crippen LogP contribution is 2.22. The van der Waals surface area contributed by atoms with E-state index in [1.165, 1.54) is 11.1 Å². The monoisotopic (exact) mass is 319 g/mol. The number of hydrogen-bond donors (Lipinski definition) is 1. The van der Waals surface area contributed by atoms with Gasteiger partial charge < -0.3 is 14.7 Å². The first-order valence-electron chi connectivity index (χ1n) is 8.65. The summed E-state index contributed by atoms with van der Waals surface area (Å²) in [7, 11) is 0. The number of rotatable bonds is 6. The van der Waals surface area contributed by atoms with Crippen LogP contribution in [-0.2, 0) is 9.53 Å². The highest BCUT2D eigenvalue weighted by molar-refractivity contribution is 5.72. The van der Waals surface area contributed by atoms with E-state index in [1.54, 1.807) is 0 Å². The molecule has 2 rings (SSSR count). The molecule has 1 aromatic carbocycles. The van der Waals surface area contributed by atoms with Gasteiger partial charge in [-0.25, -0.2) is 0 Å². The zero-order chi connectivity index (χ0) is 16.8. The van der Waals surface area contributed by atoms with Gasteiger partial charge >= 0.3 is 5.97 Å². The van der Waals surface area contributed by atoms with E-state index in [-0.39, 0.29) is 11.9 Å². The molecular weight excluding hydrogens is 290 g/mol. The largest absolute Gasteiger partial charge is 0.466 e. The summed E-state index contributed by atoms with van der Waals surface area (Å²) in [6.45, 7) is 8.99. The molecule has 1 aliphatic rings. The maximum Gasteiger partial charge on any atom is 0.310 e. The Hall–Kier alpha value is -1.39. The van der Waals surface area contributed by atoms with E-state index in [0.29, 0.717) is 13.0 Å². The molecule has 1 saturated heterocycles. The van der Waals surface area contributed by atoms with Gasteiger partial charge in [-0.1, -0.05) is 18.2 Å². The van der Waals surface area contributed by atoms with E-state index in [1.807, 2.05) is 13.0 Å². The molecule has 0 amide bonds. The van der Waals surface area contributed by atoms with Crippen LogP contribution in [-0.4, -0.2) is 42.2 Å². The number of benzene rings is 1. The van der Waals surface area contributed by atoms with Crippen molar-refractivity contribution >= 4 is 5.97 Å². The minimum absolute atomic E-state index is 0.0116. The predicted molar refractivity (Wildman–Crippen MR) is 91.3 cm³/mol. The number of aliphatic hydroxyl groups is 1. The number of ether oxygens (including phenoxy) is 1. The average Bonchev–Trinajstić information content (AvgIpc) is 2.55. The van der Waals surface area contributed by atoms with Crippen molar-refractivity contribution in [1.29, 1.82) is 0 Å². The summed E-state index contributed by atoms with van der Waals surface area (Å²) in [5, 5.41) is 10.4. The third-order valence-electron chi connectivity index (χ3n) is 4.76. The SMILES string of the molecule is CCOC(=O)C1CCCN(CCC(O)c2ccc(C)c(C)c2)C1. The molecule has 1 aliphatic heterocycles. The molecule has 1 heterocycles. The highest BCUT2D eigenvalue weighted by Gasteiger charge is 2.26. The van der Waals surface area contributed by atoms with E-state index in [0.717, 1.165) is 38.0 Å². The van der Waals surface area contributed by atoms with E-state index in [2.05, 4.69) is 30.9 Å². The molecular formula is C19H29NO3. The van der Waals surface area contributed by atoms with Gasteiger partial charge in [0.05, 0.1) is 18.6 Å². The number of likely N-dealkylation sites (tertiary alicyclic amines) is 1. The second-order valence-corrected chi connectivity index (χ2v) is 6.54. The van der Waals surface area contributed by atoms with Gasteiger partial charge in [-0.3, -0.25) is 4.79 Å². The van der Waals surface area contributed by atoms with Crippen molar-refractivity contribution in [1.82, 2.24) is 4.90 Å². The van der Waals surface area contributed by atoms with Crippen molar-refractivity contribution in [2.75, 3.05) is 26.2 Å². The first-order chi connectivity index (χ1) is 11.0. The fraction of sp³-hybridized carbons (Fsp3) is 0.632. The molecule has 0 aliphatic carbocycles. The normalized spacial score (nSPS) is 20.3. The van der Waals surface area contributed by atoms with Gasteiger partial charge in [0.25, 0.3) is 0 Å². The van der Waals surface area contributed by atoms with Gasteiger partial charge in [0.2, 0.25) is 0 Å². The molecule has 2 atom stereocenters. The lowest BCUT2D eigenvalue weighted by Crippen LogP contribution is -2.40. The Bertz CT molecular complexity index is 529. The molecule has 128 valence electrons. The number of piperidine rings is 1. The molecule has 1 N–H and O–H groups in total. The molecule has 1 fully saturated rings. The number of aliphatic hydroxyl groups excluding tert-OH is 1. The van der Waals surface area contributed by atoms with Crippen LogP contribution in [0.5, 0.6) is 0 Å². The van der Waals surface area contributed by atoms with Crippen molar-refractivity contribution in [2.45, 2.75) is 46.1 Å². The third kappa shape index (κ3) is 5.05. The Labute approximate surface area is 139 Å². The third-order valence-corrected chi connectivity index (χ3v) is 4.76. The fourth-order valence-corrected chi connectivity index (χ4v) is 3.15. The van der Waals surface area contributed by atoms with Gasteiger partial charge in [-0.15, -0.1) is 0 Å². The predicted octanol–water partition coefficient (Wildman–Crippen LogP) is 3.00. The molecule has 0 radical (unpaired) electrons. The summed E-state index contributed by atoms with van der Waals surface area (Å²) < 4.78 is 5.13. The quantitative estimate of drug-likeness (QED) is 0.819. The van der Waals surface area contributed by atoms with E-state index < -0.39 is 6.10 Å². The highest BCUT2D eigenvalue weighted by atomic mass is 16.5. The van der Waals surface area contributed by atoms with E-state index in [4.69, 9.17) is 4.74 Å². The standard InChI is InChI=1S/C19H29NO3/c1-4-23-19(22)17-6-5-10-20(13-17)11-9-18(21)16-8-7-14(2)15(3)12-16/h7-8,12,17-18,21H,4-6,9-11,13H2,1-3H3. The lowest BCUT2D eigenvalue weighted by atomic mass is 9.97. The Balaban J connectivity index is 1.84. The summed E-state index contributed by atoms with van der Waals surface area (Å²) in [5.74, 6) is -0.0885. The topological polar surface area (TPSA) is 49.8 Å². The van der Waals surface area contributed by atoms with Crippen molar-refractivity contribution < 1.29 is 14.6 Å². The minimum atomic E-state index is -0.447. The Kier molecular flexibility index (Phi) is 6.60. The fourth-order valence-electron chi connectivity index (χ4n) is 3.15. The van der Waals surface area contributed by atoms with Crippen LogP contribution in [0.4, 0.5) is 0 Å². The van der Waals surface area contributed by atoms with Crippen LogP contribution in [0.2, 0.25) is 0 Å². The van der Waals surface area contributed by atoms with Crippen LogP contribution >= 0.6 is 0 Å². The van der Waals surface area contributed by atoms with Gasteiger partial charge in [0, 0.05) is 13.1 Å². The molecule has 0 bridgehead atoms. The van der Waals surface area contributed by atoms with E-state index in [9.17, 15) is 9.90 Å². The molecule has 1 aromatic rings. The van der Waals surface area contributed by atoms with Gasteiger partial charge in [0.15, 0.2) is 0 Å². The second kappa shape index (κ2) is 8.46. The van der Waals surface area contributed by atoms with Crippen molar-refractivity contribution in [3.63, 3.8) is 0 Å². The Morgan fingerprint density at radius 2 is 2.17 bits per heavy atom. The molecule has 4 nitrogen and oxygen atoms in total. The van der Waals surface area contributed by atoms with Gasteiger partial charge in [0.1, 0.15) is 0 Å². The summed E-state index contributed by atoms with van der Waals surface area (Å²) in [6, 6.07) is 6.13. The van der Waals surface area contributed by atoms with Gasteiger partial charge in [-0.05, 0) is 63.3 Å². The van der Waals surface area contributed by atoms with Crippen molar-refractivity contribution in [2.24, 2.45) is 5.92 Å². The molecule has 0 aromatic heterocycles. The number of esters is 1. The lowest BCUT2D eigenvalue weighted by Gasteiger charge is -2.32. The van der Waals surface area contributed by atoms with Crippen molar-refractivity contribution in [3.05, 3.63) is 34.9 Å². The number of nitrogens with zero attached hydrogens (tertiary/aromatic N) is 1. The molecule has 23 heavy (non-hydrogen) atoms. The molecule has 4 heteroatoms. The lowest BCUT2D eigenvalue weighted by molar-refractivity contribution is -0.149. The second-order valence-electron chi connectivity index (χ2n) is 6.54. The van der Waals surface area contributed by atoms with Crippen LogP contribution in [0.1, 0.15) is 49.0 Å². The molecule has 2 unspecified atom stereocenters. The Morgan fingerprint density at radius 1 is 1.39 bits per heavy atom. The van der Waals surface area contributed by atoms with Crippen LogP contribution in [0.3, 0.4) is 0 Å². The zero-order valence-electron chi connectivity index (χ0n) is 14.5. The maximum absolute atomic E-state index is 11.9. The number of carbonyl (C=O) groups is 1. The molecule has 0 saturated carbocycles. The summed E-state index contributed by atoms with van der Waals surface area (Å²) >= 11 is 0. The van der Waals surface area contributed by atoms with Crippen molar-refractivity contribution in [3.8, 4) is 0 Å². The maximum atomic E-state index is 11.9. The van der Waals surface area contributed by atoms with Gasteiger partial charge in [-0.2, -0.15) is 0 Å². The van der Waals surface area contributed by atoms with Crippen LogP contribution in [0.15, 0.2) is 18.2 Å². The van der Waals surface area contributed by atoms with E-state index >= 15 is 0 Å². The average molecular weight is 319 g/mol. The molecule has 0 spiro atoms.